The number of esters is 2. The van der Waals surface area contributed by atoms with Gasteiger partial charge in [-0.15, -0.1) is 0 Å². The molecule has 7 heteroatoms. The highest BCUT2D eigenvalue weighted by molar-refractivity contribution is 6.01. The fourth-order valence-corrected chi connectivity index (χ4v) is 3.07. The van der Waals surface area contributed by atoms with Crippen LogP contribution in [0.15, 0.2) is 35.3 Å². The van der Waals surface area contributed by atoms with Crippen molar-refractivity contribution in [1.82, 2.24) is 0 Å². The van der Waals surface area contributed by atoms with Gasteiger partial charge in [0.25, 0.3) is 0 Å². The molecule has 2 rings (SSSR count). The molecule has 0 aromatic carbocycles. The first-order valence-corrected chi connectivity index (χ1v) is 7.49. The Bertz CT molecular complexity index is 681. The van der Waals surface area contributed by atoms with Gasteiger partial charge in [-0.2, -0.15) is 0 Å². The van der Waals surface area contributed by atoms with Gasteiger partial charge in [-0.05, 0) is 23.5 Å². The van der Waals surface area contributed by atoms with Crippen LogP contribution in [0.1, 0.15) is 33.6 Å². The summed E-state index contributed by atoms with van der Waals surface area (Å²) < 4.78 is 9.87. The summed E-state index contributed by atoms with van der Waals surface area (Å²) in [5.74, 6) is -3.84. The molecule has 0 spiro atoms. The smallest absolute Gasteiger partial charge is 0.377 e. The molecule has 1 aliphatic heterocycles. The number of cyclic esters (lactones) is 1. The van der Waals surface area contributed by atoms with Crippen LogP contribution < -0.4 is 0 Å². The summed E-state index contributed by atoms with van der Waals surface area (Å²) in [4.78, 5) is 35.5. The van der Waals surface area contributed by atoms with Crippen molar-refractivity contribution in [2.45, 2.75) is 45.8 Å². The normalized spacial score (nSPS) is 26.5. The number of allylic oxidation sites excluding steroid dienone is 2. The molecule has 2 unspecified atom stereocenters. The second-order valence-corrected chi connectivity index (χ2v) is 6.51. The molecule has 0 bridgehead atoms. The molecule has 2 atom stereocenters. The van der Waals surface area contributed by atoms with Gasteiger partial charge in [0.05, 0.1) is 6.42 Å². The molecule has 0 aromatic rings. The van der Waals surface area contributed by atoms with E-state index in [2.05, 4.69) is 11.3 Å². The van der Waals surface area contributed by atoms with E-state index in [1.807, 2.05) is 13.8 Å². The number of Topliss-reactive ketones (excluding diaryl/α,β-unsaturated/α-hetero) is 1. The maximum Gasteiger partial charge on any atom is 0.377 e. The Balaban J connectivity index is 2.08. The standard InChI is InChI=1S/C17H20O7/c1-5-9-8(2)13(19)11(7-17(9,3)4)23-12(18)6-10-14(20)15(21)16(22)24-10/h5,10-11,20-21H,1,6-7H2,2-4H3. The highest BCUT2D eigenvalue weighted by atomic mass is 16.6. The largest absolute Gasteiger partial charge is 0.505 e. The fraction of sp³-hybridized carbons (Fsp3) is 0.471. The van der Waals surface area contributed by atoms with Crippen molar-refractivity contribution in [3.63, 3.8) is 0 Å². The topological polar surface area (TPSA) is 110 Å². The molecule has 24 heavy (non-hydrogen) atoms. The Morgan fingerprint density at radius 2 is 2.04 bits per heavy atom. The zero-order valence-electron chi connectivity index (χ0n) is 13.8. The number of hydrogen-bond acceptors (Lipinski definition) is 7. The van der Waals surface area contributed by atoms with Gasteiger partial charge in [0, 0.05) is 6.42 Å². The van der Waals surface area contributed by atoms with Gasteiger partial charge in [-0.25, -0.2) is 4.79 Å². The lowest BCUT2D eigenvalue weighted by Gasteiger charge is -2.36. The van der Waals surface area contributed by atoms with Crippen LogP contribution in [0.25, 0.3) is 0 Å². The Labute approximate surface area is 139 Å². The maximum absolute atomic E-state index is 12.4. The first-order valence-electron chi connectivity index (χ1n) is 7.49. The number of ether oxygens (including phenoxy) is 2. The van der Waals surface area contributed by atoms with Crippen molar-refractivity contribution in [1.29, 1.82) is 0 Å². The third-order valence-corrected chi connectivity index (χ3v) is 4.31. The molecule has 130 valence electrons. The van der Waals surface area contributed by atoms with Crippen molar-refractivity contribution in [2.24, 2.45) is 5.41 Å². The average Bonchev–Trinajstić information content (AvgIpc) is 2.71. The number of aliphatic hydroxyl groups excluding tert-OH is 2. The van der Waals surface area contributed by atoms with Crippen LogP contribution in [-0.2, 0) is 23.9 Å². The molecular weight excluding hydrogens is 316 g/mol. The molecule has 0 fully saturated rings. The molecule has 0 saturated carbocycles. The van der Waals surface area contributed by atoms with Crippen LogP contribution in [0.3, 0.4) is 0 Å². The van der Waals surface area contributed by atoms with Gasteiger partial charge in [-0.3, -0.25) is 9.59 Å². The first kappa shape index (κ1) is 17.8. The van der Waals surface area contributed by atoms with Gasteiger partial charge in [0.1, 0.15) is 0 Å². The molecule has 1 heterocycles. The maximum atomic E-state index is 12.4. The molecule has 0 saturated heterocycles. The van der Waals surface area contributed by atoms with E-state index in [4.69, 9.17) is 4.74 Å². The highest BCUT2D eigenvalue weighted by Gasteiger charge is 2.41. The van der Waals surface area contributed by atoms with Gasteiger partial charge in [-0.1, -0.05) is 26.5 Å². The SMILES string of the molecule is C=CC1=C(C)C(=O)C(OC(=O)CC2OC(=O)C(O)=C2O)CC1(C)C. The Kier molecular flexibility index (Phi) is 4.55. The lowest BCUT2D eigenvalue weighted by Crippen LogP contribution is -2.39. The van der Waals surface area contributed by atoms with Crippen LogP contribution in [0.5, 0.6) is 0 Å². The zero-order chi connectivity index (χ0) is 18.2. The van der Waals surface area contributed by atoms with E-state index in [-0.39, 0.29) is 11.2 Å². The van der Waals surface area contributed by atoms with Crippen molar-refractivity contribution in [3.05, 3.63) is 35.3 Å². The van der Waals surface area contributed by atoms with E-state index in [9.17, 15) is 24.6 Å². The second-order valence-electron chi connectivity index (χ2n) is 6.51. The lowest BCUT2D eigenvalue weighted by atomic mass is 9.71. The van der Waals surface area contributed by atoms with Crippen LogP contribution in [0, 0.1) is 5.41 Å². The third kappa shape index (κ3) is 3.06. The number of aliphatic hydroxyl groups is 2. The fourth-order valence-electron chi connectivity index (χ4n) is 3.07. The molecule has 2 aliphatic rings. The monoisotopic (exact) mass is 336 g/mol. The van der Waals surface area contributed by atoms with Gasteiger partial charge >= 0.3 is 11.9 Å². The van der Waals surface area contributed by atoms with E-state index in [1.54, 1.807) is 13.0 Å². The molecule has 2 N–H and O–H groups in total. The lowest BCUT2D eigenvalue weighted by molar-refractivity contribution is -0.159. The molecule has 1 aliphatic carbocycles. The van der Waals surface area contributed by atoms with Crippen molar-refractivity contribution >= 4 is 17.7 Å². The average molecular weight is 336 g/mol. The van der Waals surface area contributed by atoms with E-state index >= 15 is 0 Å². The van der Waals surface area contributed by atoms with Crippen LogP contribution in [0.2, 0.25) is 0 Å². The summed E-state index contributed by atoms with van der Waals surface area (Å²) >= 11 is 0. The van der Waals surface area contributed by atoms with Crippen LogP contribution in [0.4, 0.5) is 0 Å². The minimum absolute atomic E-state index is 0.299. The summed E-state index contributed by atoms with van der Waals surface area (Å²) in [6.45, 7) is 9.22. The van der Waals surface area contributed by atoms with Crippen molar-refractivity contribution < 1.29 is 34.1 Å². The zero-order valence-corrected chi connectivity index (χ0v) is 13.8. The number of ketones is 1. The van der Waals surface area contributed by atoms with E-state index in [1.165, 1.54) is 0 Å². The Morgan fingerprint density at radius 1 is 1.42 bits per heavy atom. The van der Waals surface area contributed by atoms with Crippen molar-refractivity contribution in [2.75, 3.05) is 0 Å². The van der Waals surface area contributed by atoms with Crippen molar-refractivity contribution in [3.8, 4) is 0 Å². The highest BCUT2D eigenvalue weighted by Crippen LogP contribution is 2.40. The van der Waals surface area contributed by atoms with Crippen LogP contribution >= 0.6 is 0 Å². The van der Waals surface area contributed by atoms with Gasteiger partial charge < -0.3 is 19.7 Å². The Hall–Kier alpha value is -2.57. The first-order chi connectivity index (χ1) is 11.1. The summed E-state index contributed by atoms with van der Waals surface area (Å²) in [5, 5.41) is 18.7. The van der Waals surface area contributed by atoms with E-state index in [0.717, 1.165) is 5.57 Å². The quantitative estimate of drug-likeness (QED) is 0.756. The Morgan fingerprint density at radius 3 is 2.54 bits per heavy atom. The number of hydrogen-bond donors (Lipinski definition) is 2. The predicted molar refractivity (Wildman–Crippen MR) is 83.0 cm³/mol. The predicted octanol–water partition coefficient (Wildman–Crippen LogP) is 2.04. The minimum atomic E-state index is -1.29. The second kappa shape index (κ2) is 6.14. The number of rotatable bonds is 4. The number of carbonyl (C=O) groups is 3. The number of carbonyl (C=O) groups excluding carboxylic acids is 3. The summed E-state index contributed by atoms with van der Waals surface area (Å²) in [5.41, 5.74) is 0.923. The summed E-state index contributed by atoms with van der Waals surface area (Å²) in [7, 11) is 0. The van der Waals surface area contributed by atoms with Gasteiger partial charge in [0.2, 0.25) is 5.76 Å². The molecular formula is C17H20O7. The third-order valence-electron chi connectivity index (χ3n) is 4.31. The van der Waals surface area contributed by atoms with E-state index < -0.39 is 42.1 Å². The minimum Gasteiger partial charge on any atom is -0.505 e. The molecule has 0 radical (unpaired) electrons. The van der Waals surface area contributed by atoms with E-state index in [0.29, 0.717) is 12.0 Å². The van der Waals surface area contributed by atoms with Gasteiger partial charge in [0.15, 0.2) is 23.8 Å². The molecule has 7 nitrogen and oxygen atoms in total. The molecule has 0 amide bonds. The summed E-state index contributed by atoms with van der Waals surface area (Å²) in [6.07, 6.45) is -0.795. The van der Waals surface area contributed by atoms with Crippen LogP contribution in [-0.4, -0.2) is 40.1 Å². The molecule has 0 aromatic heterocycles. The summed E-state index contributed by atoms with van der Waals surface area (Å²) in [6, 6.07) is 0.